The molecule has 24 heavy (non-hydrogen) atoms. The fourth-order valence-corrected chi connectivity index (χ4v) is 4.65. The van der Waals surface area contributed by atoms with Gasteiger partial charge < -0.3 is 10.2 Å². The summed E-state index contributed by atoms with van der Waals surface area (Å²) in [6.45, 7) is 4.68. The van der Waals surface area contributed by atoms with Crippen molar-refractivity contribution in [3.05, 3.63) is 24.3 Å². The molecule has 1 N–H and O–H groups in total. The van der Waals surface area contributed by atoms with Crippen LogP contribution in [0.4, 0.5) is 5.69 Å². The van der Waals surface area contributed by atoms with Gasteiger partial charge in [0.1, 0.15) is 0 Å². The number of para-hydroxylation sites is 1. The topological polar surface area (TPSA) is 35.6 Å². The number of amides is 1. The number of carbonyl (C=O) groups excluding carboxylic acids is 1. The maximum Gasteiger partial charge on any atom is 0.241 e. The van der Waals surface area contributed by atoms with Crippen molar-refractivity contribution in [2.75, 3.05) is 43.4 Å². The Balaban J connectivity index is 1.28. The predicted octanol–water partition coefficient (Wildman–Crippen LogP) is 2.59. The zero-order valence-electron chi connectivity index (χ0n) is 14.2. The minimum atomic E-state index is 0.257. The van der Waals surface area contributed by atoms with Crippen molar-refractivity contribution >= 4 is 23.4 Å². The number of rotatable bonds is 5. The lowest BCUT2D eigenvalue weighted by Crippen LogP contribution is -2.48. The molecule has 1 amide bonds. The lowest BCUT2D eigenvalue weighted by molar-refractivity contribution is -0.120. The SMILES string of the molecule is O=C(CN1CCC(NCC2CC2)CC1)N1CCSc2ccccc21. The number of nitrogens with zero attached hydrogens (tertiary/aromatic N) is 2. The van der Waals surface area contributed by atoms with E-state index in [1.165, 1.54) is 37.1 Å². The van der Waals surface area contributed by atoms with Crippen molar-refractivity contribution in [1.82, 2.24) is 10.2 Å². The molecule has 0 radical (unpaired) electrons. The van der Waals surface area contributed by atoms with Crippen molar-refractivity contribution in [3.8, 4) is 0 Å². The third-order valence-electron chi connectivity index (χ3n) is 5.37. The smallest absolute Gasteiger partial charge is 0.241 e. The van der Waals surface area contributed by atoms with E-state index in [4.69, 9.17) is 0 Å². The van der Waals surface area contributed by atoms with E-state index in [0.29, 0.717) is 12.6 Å². The van der Waals surface area contributed by atoms with Crippen LogP contribution in [0.25, 0.3) is 0 Å². The number of likely N-dealkylation sites (tertiary alicyclic amines) is 1. The monoisotopic (exact) mass is 345 g/mol. The fraction of sp³-hybridized carbons (Fsp3) is 0.632. The van der Waals surface area contributed by atoms with Gasteiger partial charge in [-0.05, 0) is 50.3 Å². The standard InChI is InChI=1S/C19H27N3OS/c23-19(22-11-12-24-18-4-2-1-3-17(18)22)14-21-9-7-16(8-10-21)20-13-15-5-6-15/h1-4,15-16,20H,5-14H2. The highest BCUT2D eigenvalue weighted by molar-refractivity contribution is 7.99. The van der Waals surface area contributed by atoms with Crippen LogP contribution in [0.2, 0.25) is 0 Å². The molecule has 2 fully saturated rings. The van der Waals surface area contributed by atoms with Gasteiger partial charge in [-0.15, -0.1) is 11.8 Å². The molecular weight excluding hydrogens is 318 g/mol. The average molecular weight is 346 g/mol. The summed E-state index contributed by atoms with van der Waals surface area (Å²) >= 11 is 1.85. The first-order valence-corrected chi connectivity index (χ1v) is 10.3. The maximum absolute atomic E-state index is 12.8. The highest BCUT2D eigenvalue weighted by Crippen LogP contribution is 2.34. The van der Waals surface area contributed by atoms with Gasteiger partial charge in [-0.25, -0.2) is 0 Å². The van der Waals surface area contributed by atoms with E-state index in [0.717, 1.165) is 37.0 Å². The Hall–Kier alpha value is -1.04. The Labute approximate surface area is 149 Å². The molecule has 4 rings (SSSR count). The van der Waals surface area contributed by atoms with Crippen LogP contribution < -0.4 is 10.2 Å². The lowest BCUT2D eigenvalue weighted by atomic mass is 10.0. The minimum absolute atomic E-state index is 0.257. The zero-order valence-corrected chi connectivity index (χ0v) is 15.1. The van der Waals surface area contributed by atoms with Crippen molar-refractivity contribution in [3.63, 3.8) is 0 Å². The van der Waals surface area contributed by atoms with Gasteiger partial charge in [-0.2, -0.15) is 0 Å². The normalized spacial score (nSPS) is 22.4. The van der Waals surface area contributed by atoms with Gasteiger partial charge in [-0.3, -0.25) is 9.69 Å². The van der Waals surface area contributed by atoms with Gasteiger partial charge in [0.15, 0.2) is 0 Å². The summed E-state index contributed by atoms with van der Waals surface area (Å²) < 4.78 is 0. The Morgan fingerprint density at radius 3 is 2.71 bits per heavy atom. The molecule has 1 saturated heterocycles. The highest BCUT2D eigenvalue weighted by atomic mass is 32.2. The Morgan fingerprint density at radius 1 is 1.12 bits per heavy atom. The van der Waals surface area contributed by atoms with Gasteiger partial charge in [0.2, 0.25) is 5.91 Å². The fourth-order valence-electron chi connectivity index (χ4n) is 3.66. The van der Waals surface area contributed by atoms with Crippen LogP contribution in [-0.4, -0.2) is 55.3 Å². The highest BCUT2D eigenvalue weighted by Gasteiger charge is 2.27. The van der Waals surface area contributed by atoms with E-state index >= 15 is 0 Å². The Bertz CT molecular complexity index is 582. The van der Waals surface area contributed by atoms with E-state index < -0.39 is 0 Å². The van der Waals surface area contributed by atoms with Gasteiger partial charge in [0.05, 0.1) is 12.2 Å². The molecule has 0 aromatic heterocycles. The molecule has 1 aliphatic carbocycles. The van der Waals surface area contributed by atoms with Gasteiger partial charge >= 0.3 is 0 Å². The first kappa shape index (κ1) is 16.4. The molecule has 0 bridgehead atoms. The summed E-state index contributed by atoms with van der Waals surface area (Å²) in [6, 6.07) is 8.94. The van der Waals surface area contributed by atoms with Crippen LogP contribution in [0, 0.1) is 5.92 Å². The number of thioether (sulfide) groups is 1. The molecule has 0 atom stereocenters. The van der Waals surface area contributed by atoms with Crippen LogP contribution in [0.3, 0.4) is 0 Å². The van der Waals surface area contributed by atoms with Crippen molar-refractivity contribution in [1.29, 1.82) is 0 Å². The van der Waals surface area contributed by atoms with Crippen LogP contribution >= 0.6 is 11.8 Å². The van der Waals surface area contributed by atoms with Gasteiger partial charge in [-0.1, -0.05) is 12.1 Å². The molecule has 3 aliphatic rings. The largest absolute Gasteiger partial charge is 0.314 e. The average Bonchev–Trinajstić information content (AvgIpc) is 3.45. The molecule has 2 heterocycles. The lowest BCUT2D eigenvalue weighted by Gasteiger charge is -2.35. The van der Waals surface area contributed by atoms with Crippen molar-refractivity contribution in [2.45, 2.75) is 36.6 Å². The second kappa shape index (κ2) is 7.46. The second-order valence-electron chi connectivity index (χ2n) is 7.26. The number of piperidine rings is 1. The number of anilines is 1. The molecule has 1 aromatic carbocycles. The summed E-state index contributed by atoms with van der Waals surface area (Å²) in [5.74, 6) is 2.20. The molecule has 130 valence electrons. The molecular formula is C19H27N3OS. The van der Waals surface area contributed by atoms with Crippen molar-refractivity contribution < 1.29 is 4.79 Å². The Morgan fingerprint density at radius 2 is 1.92 bits per heavy atom. The number of fused-ring (bicyclic) bond motifs is 1. The summed E-state index contributed by atoms with van der Waals surface area (Å²) in [4.78, 5) is 18.4. The third-order valence-corrected chi connectivity index (χ3v) is 6.41. The Kier molecular flexibility index (Phi) is 5.11. The van der Waals surface area contributed by atoms with Crippen LogP contribution in [0.15, 0.2) is 29.2 Å². The van der Waals surface area contributed by atoms with Crippen LogP contribution in [0.5, 0.6) is 0 Å². The number of benzene rings is 1. The first-order chi connectivity index (χ1) is 11.8. The quantitative estimate of drug-likeness (QED) is 0.890. The molecule has 5 heteroatoms. The molecule has 1 saturated carbocycles. The first-order valence-electron chi connectivity index (χ1n) is 9.27. The minimum Gasteiger partial charge on any atom is -0.314 e. The molecule has 4 nitrogen and oxygen atoms in total. The molecule has 0 spiro atoms. The molecule has 0 unspecified atom stereocenters. The summed E-state index contributed by atoms with van der Waals surface area (Å²) in [5.41, 5.74) is 1.10. The van der Waals surface area contributed by atoms with E-state index in [9.17, 15) is 4.79 Å². The molecule has 1 aromatic rings. The molecule has 2 aliphatic heterocycles. The predicted molar refractivity (Wildman–Crippen MR) is 99.7 cm³/mol. The number of nitrogens with one attached hydrogen (secondary N) is 1. The van der Waals surface area contributed by atoms with Gasteiger partial charge in [0.25, 0.3) is 0 Å². The number of carbonyl (C=O) groups is 1. The third kappa shape index (κ3) is 3.95. The van der Waals surface area contributed by atoms with Crippen LogP contribution in [-0.2, 0) is 4.79 Å². The number of hydrogen-bond acceptors (Lipinski definition) is 4. The van der Waals surface area contributed by atoms with E-state index in [-0.39, 0.29) is 5.91 Å². The van der Waals surface area contributed by atoms with Crippen LogP contribution in [0.1, 0.15) is 25.7 Å². The number of hydrogen-bond donors (Lipinski definition) is 1. The van der Waals surface area contributed by atoms with E-state index in [2.05, 4.69) is 28.4 Å². The summed E-state index contributed by atoms with van der Waals surface area (Å²) in [5, 5.41) is 3.71. The maximum atomic E-state index is 12.8. The second-order valence-corrected chi connectivity index (χ2v) is 8.40. The van der Waals surface area contributed by atoms with E-state index in [1.54, 1.807) is 0 Å². The summed E-state index contributed by atoms with van der Waals surface area (Å²) in [6.07, 6.45) is 5.17. The van der Waals surface area contributed by atoms with E-state index in [1.807, 2.05) is 22.7 Å². The van der Waals surface area contributed by atoms with Gasteiger partial charge in [0, 0.05) is 36.3 Å². The summed E-state index contributed by atoms with van der Waals surface area (Å²) in [7, 11) is 0. The zero-order chi connectivity index (χ0) is 16.4. The van der Waals surface area contributed by atoms with Crippen molar-refractivity contribution in [2.24, 2.45) is 5.92 Å².